The lowest BCUT2D eigenvalue weighted by Crippen LogP contribution is -2.20. The predicted molar refractivity (Wildman–Crippen MR) is 70.9 cm³/mol. The molecule has 1 atom stereocenters. The van der Waals surface area contributed by atoms with Crippen LogP contribution in [0.1, 0.15) is 22.7 Å². The maximum Gasteiger partial charge on any atom is 0.0376 e. The average Bonchev–Trinajstić information content (AvgIpc) is 2.38. The van der Waals surface area contributed by atoms with Crippen LogP contribution in [0.2, 0.25) is 0 Å². The lowest BCUT2D eigenvalue weighted by molar-refractivity contribution is 0.587. The van der Waals surface area contributed by atoms with E-state index in [9.17, 15) is 0 Å². The summed E-state index contributed by atoms with van der Waals surface area (Å²) in [6, 6.07) is 12.9. The molecule has 1 aromatic heterocycles. The zero-order valence-electron chi connectivity index (χ0n) is 10.4. The SMILES string of the molecule is CNC(Cc1ccccc1)c1cnccc1C. The van der Waals surface area contributed by atoms with E-state index in [1.165, 1.54) is 16.7 Å². The van der Waals surface area contributed by atoms with Crippen LogP contribution >= 0.6 is 0 Å². The Bertz CT molecular complexity index is 465. The van der Waals surface area contributed by atoms with Crippen molar-refractivity contribution in [2.24, 2.45) is 0 Å². The molecule has 2 nitrogen and oxygen atoms in total. The van der Waals surface area contributed by atoms with Crippen LogP contribution in [0.4, 0.5) is 0 Å². The molecule has 0 aliphatic heterocycles. The molecule has 2 aromatic rings. The highest BCUT2D eigenvalue weighted by molar-refractivity contribution is 5.27. The van der Waals surface area contributed by atoms with Crippen molar-refractivity contribution in [3.63, 3.8) is 0 Å². The Hall–Kier alpha value is -1.67. The van der Waals surface area contributed by atoms with Gasteiger partial charge in [0, 0.05) is 18.4 Å². The number of pyridine rings is 1. The standard InChI is InChI=1S/C15H18N2/c1-12-8-9-17-11-14(12)15(16-2)10-13-6-4-3-5-7-13/h3-9,11,15-16H,10H2,1-2H3. The Balaban J connectivity index is 2.21. The average molecular weight is 226 g/mol. The van der Waals surface area contributed by atoms with Crippen molar-refractivity contribution >= 4 is 0 Å². The van der Waals surface area contributed by atoms with Gasteiger partial charge in [0.1, 0.15) is 0 Å². The van der Waals surface area contributed by atoms with E-state index in [2.05, 4.69) is 47.6 Å². The first-order chi connectivity index (χ1) is 8.31. The molecule has 0 aliphatic rings. The van der Waals surface area contributed by atoms with Crippen LogP contribution in [-0.4, -0.2) is 12.0 Å². The highest BCUT2D eigenvalue weighted by atomic mass is 14.9. The highest BCUT2D eigenvalue weighted by Gasteiger charge is 2.12. The molecule has 0 saturated heterocycles. The normalized spacial score (nSPS) is 12.4. The number of rotatable bonds is 4. The third kappa shape index (κ3) is 2.92. The number of nitrogens with one attached hydrogen (secondary N) is 1. The summed E-state index contributed by atoms with van der Waals surface area (Å²) in [5.74, 6) is 0. The first-order valence-electron chi connectivity index (χ1n) is 5.93. The van der Waals surface area contributed by atoms with Crippen molar-refractivity contribution in [2.75, 3.05) is 7.05 Å². The minimum atomic E-state index is 0.325. The van der Waals surface area contributed by atoms with Crippen molar-refractivity contribution in [1.29, 1.82) is 0 Å². The number of likely N-dealkylation sites (N-methyl/N-ethyl adjacent to an activating group) is 1. The molecule has 1 unspecified atom stereocenters. The molecule has 0 saturated carbocycles. The lowest BCUT2D eigenvalue weighted by Gasteiger charge is -2.18. The van der Waals surface area contributed by atoms with Gasteiger partial charge in [0.15, 0.2) is 0 Å². The van der Waals surface area contributed by atoms with Crippen LogP contribution in [0.5, 0.6) is 0 Å². The van der Waals surface area contributed by atoms with Crippen molar-refractivity contribution in [3.8, 4) is 0 Å². The van der Waals surface area contributed by atoms with Gasteiger partial charge >= 0.3 is 0 Å². The minimum Gasteiger partial charge on any atom is -0.313 e. The number of aromatic nitrogens is 1. The third-order valence-corrected chi connectivity index (χ3v) is 3.09. The fraction of sp³-hybridized carbons (Fsp3) is 0.267. The first-order valence-corrected chi connectivity index (χ1v) is 5.93. The van der Waals surface area contributed by atoms with E-state index in [1.807, 2.05) is 25.5 Å². The predicted octanol–water partition coefficient (Wildman–Crippen LogP) is 2.89. The van der Waals surface area contributed by atoms with Gasteiger partial charge in [-0.15, -0.1) is 0 Å². The van der Waals surface area contributed by atoms with Crippen molar-refractivity contribution in [3.05, 3.63) is 65.5 Å². The number of hydrogen-bond acceptors (Lipinski definition) is 2. The molecule has 0 fully saturated rings. The zero-order chi connectivity index (χ0) is 12.1. The molecule has 88 valence electrons. The molecule has 1 heterocycles. The molecule has 0 amide bonds. The van der Waals surface area contributed by atoms with Crippen molar-refractivity contribution in [1.82, 2.24) is 10.3 Å². The van der Waals surface area contributed by atoms with Gasteiger partial charge in [-0.25, -0.2) is 0 Å². The monoisotopic (exact) mass is 226 g/mol. The summed E-state index contributed by atoms with van der Waals surface area (Å²) in [7, 11) is 2.00. The fourth-order valence-corrected chi connectivity index (χ4v) is 2.06. The van der Waals surface area contributed by atoms with Gasteiger partial charge in [0.25, 0.3) is 0 Å². The summed E-state index contributed by atoms with van der Waals surface area (Å²) in [6.07, 6.45) is 4.79. The van der Waals surface area contributed by atoms with Crippen molar-refractivity contribution < 1.29 is 0 Å². The smallest absolute Gasteiger partial charge is 0.0376 e. The molecular formula is C15H18N2. The maximum absolute atomic E-state index is 4.22. The quantitative estimate of drug-likeness (QED) is 0.867. The fourth-order valence-electron chi connectivity index (χ4n) is 2.06. The summed E-state index contributed by atoms with van der Waals surface area (Å²) in [5, 5.41) is 3.37. The van der Waals surface area contributed by atoms with Gasteiger partial charge in [0.05, 0.1) is 0 Å². The molecule has 0 bridgehead atoms. The third-order valence-electron chi connectivity index (χ3n) is 3.09. The van der Waals surface area contributed by atoms with Crippen LogP contribution in [0, 0.1) is 6.92 Å². The molecule has 1 N–H and O–H groups in total. The van der Waals surface area contributed by atoms with Gasteiger partial charge in [-0.2, -0.15) is 0 Å². The van der Waals surface area contributed by atoms with Crippen LogP contribution in [0.3, 0.4) is 0 Å². The second-order valence-electron chi connectivity index (χ2n) is 4.26. The molecule has 2 rings (SSSR count). The van der Waals surface area contributed by atoms with Gasteiger partial charge < -0.3 is 5.32 Å². The summed E-state index contributed by atoms with van der Waals surface area (Å²) in [5.41, 5.74) is 3.91. The Morgan fingerprint density at radius 1 is 1.18 bits per heavy atom. The summed E-state index contributed by atoms with van der Waals surface area (Å²) in [4.78, 5) is 4.22. The molecule has 1 aromatic carbocycles. The van der Waals surface area contributed by atoms with Crippen LogP contribution in [0.15, 0.2) is 48.8 Å². The second kappa shape index (κ2) is 5.60. The molecule has 0 radical (unpaired) electrons. The van der Waals surface area contributed by atoms with E-state index >= 15 is 0 Å². The molecule has 2 heteroatoms. The number of aryl methyl sites for hydroxylation is 1. The van der Waals surface area contributed by atoms with Gasteiger partial charge in [-0.3, -0.25) is 4.98 Å². The molecule has 0 spiro atoms. The Morgan fingerprint density at radius 3 is 2.59 bits per heavy atom. The van der Waals surface area contributed by atoms with E-state index in [-0.39, 0.29) is 0 Å². The summed E-state index contributed by atoms with van der Waals surface area (Å²) >= 11 is 0. The Morgan fingerprint density at radius 2 is 1.94 bits per heavy atom. The van der Waals surface area contributed by atoms with E-state index in [1.54, 1.807) is 0 Å². The summed E-state index contributed by atoms with van der Waals surface area (Å²) in [6.45, 7) is 2.13. The second-order valence-corrected chi connectivity index (χ2v) is 4.26. The molecule has 0 aliphatic carbocycles. The Labute approximate surface area is 103 Å². The summed E-state index contributed by atoms with van der Waals surface area (Å²) < 4.78 is 0. The van der Waals surface area contributed by atoms with E-state index in [4.69, 9.17) is 0 Å². The van der Waals surface area contributed by atoms with Gasteiger partial charge in [-0.1, -0.05) is 30.3 Å². The Kier molecular flexibility index (Phi) is 3.89. The van der Waals surface area contributed by atoms with E-state index < -0.39 is 0 Å². The van der Waals surface area contributed by atoms with Crippen LogP contribution < -0.4 is 5.32 Å². The van der Waals surface area contributed by atoms with E-state index in [0.29, 0.717) is 6.04 Å². The largest absolute Gasteiger partial charge is 0.313 e. The van der Waals surface area contributed by atoms with E-state index in [0.717, 1.165) is 6.42 Å². The number of hydrogen-bond donors (Lipinski definition) is 1. The topological polar surface area (TPSA) is 24.9 Å². The van der Waals surface area contributed by atoms with Gasteiger partial charge in [0.2, 0.25) is 0 Å². The van der Waals surface area contributed by atoms with Crippen LogP contribution in [0.25, 0.3) is 0 Å². The van der Waals surface area contributed by atoms with Gasteiger partial charge in [-0.05, 0) is 43.1 Å². The first kappa shape index (κ1) is 11.8. The maximum atomic E-state index is 4.22. The molecule has 17 heavy (non-hydrogen) atoms. The number of benzene rings is 1. The number of nitrogens with zero attached hydrogens (tertiary/aromatic N) is 1. The van der Waals surface area contributed by atoms with Crippen LogP contribution in [-0.2, 0) is 6.42 Å². The van der Waals surface area contributed by atoms with Crippen molar-refractivity contribution in [2.45, 2.75) is 19.4 Å². The minimum absolute atomic E-state index is 0.325. The zero-order valence-corrected chi connectivity index (χ0v) is 10.4. The highest BCUT2D eigenvalue weighted by Crippen LogP contribution is 2.20. The lowest BCUT2D eigenvalue weighted by atomic mass is 9.97. The molecular weight excluding hydrogens is 208 g/mol.